The lowest BCUT2D eigenvalue weighted by atomic mass is 10.1. The van der Waals surface area contributed by atoms with E-state index in [1.54, 1.807) is 0 Å². The fourth-order valence-electron chi connectivity index (χ4n) is 4.09. The van der Waals surface area contributed by atoms with Gasteiger partial charge in [-0.1, -0.05) is 23.8 Å². The second kappa shape index (κ2) is 8.60. The van der Waals surface area contributed by atoms with Gasteiger partial charge in [0.15, 0.2) is 5.65 Å². The van der Waals surface area contributed by atoms with Crippen LogP contribution in [0.25, 0.3) is 28.0 Å². The molecule has 1 fully saturated rings. The molecule has 0 bridgehead atoms. The Morgan fingerprint density at radius 3 is 2.62 bits per heavy atom. The van der Waals surface area contributed by atoms with Crippen molar-refractivity contribution in [2.24, 2.45) is 0 Å². The molecule has 0 amide bonds. The Morgan fingerprint density at radius 2 is 1.94 bits per heavy atom. The second-order valence-corrected chi connectivity index (χ2v) is 8.32. The van der Waals surface area contributed by atoms with Crippen LogP contribution in [0.3, 0.4) is 0 Å². The van der Waals surface area contributed by atoms with E-state index >= 15 is 0 Å². The van der Waals surface area contributed by atoms with Gasteiger partial charge in [0, 0.05) is 18.7 Å². The number of benzene rings is 2. The summed E-state index contributed by atoms with van der Waals surface area (Å²) in [5.41, 5.74) is 8.93. The molecule has 34 heavy (non-hydrogen) atoms. The number of alkyl halides is 3. The molecule has 10 heteroatoms. The summed E-state index contributed by atoms with van der Waals surface area (Å²) in [7, 11) is 0. The Balaban J connectivity index is 1.60. The minimum absolute atomic E-state index is 0.0940. The number of nitrogens with two attached hydrogens (primary N) is 1. The molecule has 1 saturated heterocycles. The first-order chi connectivity index (χ1) is 16.3. The van der Waals surface area contributed by atoms with Crippen LogP contribution in [0.15, 0.2) is 48.5 Å². The summed E-state index contributed by atoms with van der Waals surface area (Å²) in [6, 6.07) is 12.5. The molecule has 1 aliphatic rings. The monoisotopic (exact) mass is 468 g/mol. The zero-order chi connectivity index (χ0) is 23.9. The largest absolute Gasteiger partial charge is 0.416 e. The van der Waals surface area contributed by atoms with Crippen molar-refractivity contribution in [2.45, 2.75) is 32.0 Å². The van der Waals surface area contributed by atoms with E-state index in [1.165, 1.54) is 16.8 Å². The number of nitrogens with zero attached hydrogens (tertiary/aromatic N) is 4. The van der Waals surface area contributed by atoms with Crippen LogP contribution < -0.4 is 11.1 Å². The predicted molar refractivity (Wildman–Crippen MR) is 124 cm³/mol. The van der Waals surface area contributed by atoms with Crippen LogP contribution in [0.2, 0.25) is 0 Å². The van der Waals surface area contributed by atoms with Gasteiger partial charge < -0.3 is 15.8 Å². The number of nitrogens with one attached hydrogen (secondary N) is 1. The summed E-state index contributed by atoms with van der Waals surface area (Å²) in [6.07, 6.45) is -2.34. The lowest BCUT2D eigenvalue weighted by molar-refractivity contribution is -0.137. The maximum absolute atomic E-state index is 13.0. The van der Waals surface area contributed by atoms with E-state index in [2.05, 4.69) is 15.4 Å². The van der Waals surface area contributed by atoms with Crippen molar-refractivity contribution in [3.63, 3.8) is 0 Å². The Hall–Kier alpha value is -3.66. The van der Waals surface area contributed by atoms with Gasteiger partial charge in [0.05, 0.1) is 28.4 Å². The molecule has 0 saturated carbocycles. The molecule has 2 aromatic carbocycles. The zero-order valence-electron chi connectivity index (χ0n) is 18.4. The van der Waals surface area contributed by atoms with E-state index in [0.717, 1.165) is 42.7 Å². The van der Waals surface area contributed by atoms with Gasteiger partial charge in [-0.05, 0) is 50.1 Å². The van der Waals surface area contributed by atoms with Gasteiger partial charge in [-0.2, -0.15) is 18.2 Å². The third kappa shape index (κ3) is 4.28. The number of anilines is 2. The molecule has 5 rings (SSSR count). The van der Waals surface area contributed by atoms with Gasteiger partial charge in [-0.15, -0.1) is 5.10 Å². The van der Waals surface area contributed by atoms with E-state index in [4.69, 9.17) is 15.5 Å². The summed E-state index contributed by atoms with van der Waals surface area (Å²) in [4.78, 5) is 9.27. The summed E-state index contributed by atoms with van der Waals surface area (Å²) in [5, 5.41) is 8.28. The fraction of sp³-hybridized carbons (Fsp3) is 0.292. The van der Waals surface area contributed by atoms with Crippen molar-refractivity contribution >= 4 is 22.8 Å². The third-order valence-electron chi connectivity index (χ3n) is 5.81. The van der Waals surface area contributed by atoms with E-state index in [0.29, 0.717) is 34.9 Å². The molecule has 7 nitrogen and oxygen atoms in total. The molecule has 176 valence electrons. The van der Waals surface area contributed by atoms with Crippen molar-refractivity contribution in [1.29, 1.82) is 0 Å². The highest BCUT2D eigenvalue weighted by molar-refractivity contribution is 5.99. The SMILES string of the molecule is Cc1cccc(-c2nc(NC[C@H]3CCCO3)nc3nn(-c4ccc(C(F)(F)F)cc4)c(N)c23)c1. The molecule has 3 heterocycles. The maximum Gasteiger partial charge on any atom is 0.416 e. The molecule has 0 radical (unpaired) electrons. The molecule has 1 atom stereocenters. The third-order valence-corrected chi connectivity index (χ3v) is 5.81. The molecule has 1 aliphatic heterocycles. The molecule has 3 N–H and O–H groups in total. The average molecular weight is 468 g/mol. The minimum Gasteiger partial charge on any atom is -0.383 e. The number of halogens is 3. The maximum atomic E-state index is 13.0. The number of hydrogen-bond acceptors (Lipinski definition) is 6. The van der Waals surface area contributed by atoms with Gasteiger partial charge in [0.25, 0.3) is 0 Å². The van der Waals surface area contributed by atoms with Crippen LogP contribution in [0, 0.1) is 6.92 Å². The Bertz CT molecular complexity index is 1330. The molecule has 2 aromatic heterocycles. The standard InChI is InChI=1S/C24H23F3N6O/c1-14-4-2-5-15(12-14)20-19-21(28)33(17-9-7-16(8-10-17)24(25,26)27)32-22(19)31-23(30-20)29-13-18-6-3-11-34-18/h2,4-5,7-10,12,18H,3,6,11,13,28H2,1H3,(H,29,31,32)/t18-/m1/s1. The zero-order valence-corrected chi connectivity index (χ0v) is 18.4. The van der Waals surface area contributed by atoms with Crippen molar-refractivity contribution < 1.29 is 17.9 Å². The van der Waals surface area contributed by atoms with Crippen molar-refractivity contribution in [3.8, 4) is 16.9 Å². The van der Waals surface area contributed by atoms with Crippen LogP contribution in [-0.4, -0.2) is 39.0 Å². The predicted octanol–water partition coefficient (Wildman–Crippen LogP) is 4.98. The molecule has 0 unspecified atom stereocenters. The number of nitrogen functional groups attached to an aromatic ring is 1. The summed E-state index contributed by atoms with van der Waals surface area (Å²) in [5.74, 6) is 0.633. The first-order valence-corrected chi connectivity index (χ1v) is 11.0. The van der Waals surface area contributed by atoms with Crippen LogP contribution in [-0.2, 0) is 10.9 Å². The fourth-order valence-corrected chi connectivity index (χ4v) is 4.09. The van der Waals surface area contributed by atoms with E-state index in [9.17, 15) is 13.2 Å². The minimum atomic E-state index is -4.42. The summed E-state index contributed by atoms with van der Waals surface area (Å²) in [6.45, 7) is 3.29. The van der Waals surface area contributed by atoms with E-state index in [1.807, 2.05) is 31.2 Å². The van der Waals surface area contributed by atoms with Gasteiger partial charge in [-0.3, -0.25) is 0 Å². The van der Waals surface area contributed by atoms with Crippen molar-refractivity contribution in [3.05, 3.63) is 59.7 Å². The number of aryl methyl sites for hydroxylation is 1. The highest BCUT2D eigenvalue weighted by Crippen LogP contribution is 2.34. The van der Waals surface area contributed by atoms with Crippen LogP contribution >= 0.6 is 0 Å². The lowest BCUT2D eigenvalue weighted by Gasteiger charge is -2.12. The molecular formula is C24H23F3N6O. The number of fused-ring (bicyclic) bond motifs is 1. The molecule has 0 aliphatic carbocycles. The average Bonchev–Trinajstić information content (AvgIpc) is 3.45. The van der Waals surface area contributed by atoms with Gasteiger partial charge in [-0.25, -0.2) is 9.67 Å². The van der Waals surface area contributed by atoms with Crippen LogP contribution in [0.1, 0.15) is 24.0 Å². The van der Waals surface area contributed by atoms with Gasteiger partial charge >= 0.3 is 6.18 Å². The number of ether oxygens (including phenoxy) is 1. The molecule has 4 aromatic rings. The Labute approximate surface area is 193 Å². The second-order valence-electron chi connectivity index (χ2n) is 8.32. The van der Waals surface area contributed by atoms with Gasteiger partial charge in [0.1, 0.15) is 5.82 Å². The highest BCUT2D eigenvalue weighted by Gasteiger charge is 2.30. The lowest BCUT2D eigenvalue weighted by Crippen LogP contribution is -2.19. The summed E-state index contributed by atoms with van der Waals surface area (Å²) >= 11 is 0. The van der Waals surface area contributed by atoms with Gasteiger partial charge in [0.2, 0.25) is 5.95 Å². The molecule has 0 spiro atoms. The Kier molecular flexibility index (Phi) is 5.60. The Morgan fingerprint density at radius 1 is 1.15 bits per heavy atom. The number of aromatic nitrogens is 4. The van der Waals surface area contributed by atoms with Crippen molar-refractivity contribution in [2.75, 3.05) is 24.2 Å². The first kappa shape index (κ1) is 22.1. The van der Waals surface area contributed by atoms with Crippen LogP contribution in [0.4, 0.5) is 24.9 Å². The normalized spacial score (nSPS) is 16.3. The smallest absolute Gasteiger partial charge is 0.383 e. The number of hydrogen-bond donors (Lipinski definition) is 2. The van der Waals surface area contributed by atoms with E-state index < -0.39 is 11.7 Å². The first-order valence-electron chi connectivity index (χ1n) is 11.0. The van der Waals surface area contributed by atoms with E-state index in [-0.39, 0.29) is 11.9 Å². The van der Waals surface area contributed by atoms with Crippen LogP contribution in [0.5, 0.6) is 0 Å². The highest BCUT2D eigenvalue weighted by atomic mass is 19.4. The summed E-state index contributed by atoms with van der Waals surface area (Å²) < 4.78 is 46.0. The van der Waals surface area contributed by atoms with Crippen molar-refractivity contribution in [1.82, 2.24) is 19.7 Å². The number of rotatable bonds is 5. The topological polar surface area (TPSA) is 90.9 Å². The quantitative estimate of drug-likeness (QED) is 0.429. The molecular weight excluding hydrogens is 445 g/mol.